The summed E-state index contributed by atoms with van der Waals surface area (Å²) in [6.07, 6.45) is 0.286. The highest BCUT2D eigenvalue weighted by Gasteiger charge is 2.35. The number of carbonyl (C=O) groups is 2. The van der Waals surface area contributed by atoms with E-state index in [1.54, 1.807) is 0 Å². The minimum Gasteiger partial charge on any atom is -0.455 e. The number of ether oxygens (including phenoxy) is 1. The summed E-state index contributed by atoms with van der Waals surface area (Å²) in [5.74, 6) is -1.50. The fourth-order valence-corrected chi connectivity index (χ4v) is 5.00. The summed E-state index contributed by atoms with van der Waals surface area (Å²) in [7, 11) is -3.17. The quantitative estimate of drug-likeness (QED) is 0.643. The van der Waals surface area contributed by atoms with Gasteiger partial charge in [-0.15, -0.1) is 0 Å². The van der Waals surface area contributed by atoms with E-state index in [0.717, 1.165) is 5.56 Å². The summed E-state index contributed by atoms with van der Waals surface area (Å²) in [5, 5.41) is 0. The molecule has 0 bridgehead atoms. The van der Waals surface area contributed by atoms with Gasteiger partial charge in [0.2, 0.25) is 0 Å². The van der Waals surface area contributed by atoms with Crippen molar-refractivity contribution in [2.45, 2.75) is 25.4 Å². The number of rotatable bonds is 7. The van der Waals surface area contributed by atoms with Gasteiger partial charge in [-0.1, -0.05) is 42.5 Å². The second kappa shape index (κ2) is 9.17. The molecule has 29 heavy (non-hydrogen) atoms. The van der Waals surface area contributed by atoms with Gasteiger partial charge in [0.1, 0.15) is 5.82 Å². The van der Waals surface area contributed by atoms with Crippen LogP contribution in [0.5, 0.6) is 0 Å². The molecule has 0 saturated carbocycles. The Morgan fingerprint density at radius 3 is 2.34 bits per heavy atom. The zero-order valence-electron chi connectivity index (χ0n) is 15.8. The summed E-state index contributed by atoms with van der Waals surface area (Å²) in [6.45, 7) is -0.223. The third kappa shape index (κ3) is 6.12. The van der Waals surface area contributed by atoms with Crippen molar-refractivity contribution in [2.24, 2.45) is 0 Å². The molecule has 1 saturated heterocycles. The lowest BCUT2D eigenvalue weighted by Gasteiger charge is -2.28. The van der Waals surface area contributed by atoms with Crippen LogP contribution in [0.25, 0.3) is 0 Å². The first-order valence-corrected chi connectivity index (χ1v) is 11.1. The molecule has 8 heteroatoms. The second-order valence-electron chi connectivity index (χ2n) is 7.03. The third-order valence-electron chi connectivity index (χ3n) is 4.78. The molecule has 1 fully saturated rings. The highest BCUT2D eigenvalue weighted by atomic mass is 32.2. The van der Waals surface area contributed by atoms with Crippen molar-refractivity contribution in [1.29, 1.82) is 0 Å². The van der Waals surface area contributed by atoms with E-state index in [2.05, 4.69) is 0 Å². The van der Waals surface area contributed by atoms with Gasteiger partial charge in [-0.25, -0.2) is 12.8 Å². The summed E-state index contributed by atoms with van der Waals surface area (Å²) in [5.41, 5.74) is 1.44. The number of hydrogen-bond acceptors (Lipinski definition) is 5. The standard InChI is InChI=1S/C21H22FNO5S/c22-18-8-6-16(7-9-18)12-21(25)28-14-20(24)23(13-17-4-2-1-3-5-17)19-10-11-29(26,27)15-19/h1-9,19H,10-15H2/t19-/m0/s1. The molecule has 1 aliphatic rings. The molecule has 1 aliphatic heterocycles. The first-order valence-electron chi connectivity index (χ1n) is 9.26. The lowest BCUT2D eigenvalue weighted by Crippen LogP contribution is -2.42. The average molecular weight is 419 g/mol. The van der Waals surface area contributed by atoms with E-state index < -0.39 is 40.2 Å². The summed E-state index contributed by atoms with van der Waals surface area (Å²) >= 11 is 0. The number of amides is 1. The van der Waals surface area contributed by atoms with E-state index in [0.29, 0.717) is 12.0 Å². The van der Waals surface area contributed by atoms with Crippen LogP contribution >= 0.6 is 0 Å². The van der Waals surface area contributed by atoms with Crippen molar-refractivity contribution in [3.8, 4) is 0 Å². The van der Waals surface area contributed by atoms with E-state index in [1.807, 2.05) is 30.3 Å². The van der Waals surface area contributed by atoms with Gasteiger partial charge >= 0.3 is 5.97 Å². The Balaban J connectivity index is 1.62. The lowest BCUT2D eigenvalue weighted by atomic mass is 10.1. The highest BCUT2D eigenvalue weighted by molar-refractivity contribution is 7.91. The molecule has 0 unspecified atom stereocenters. The molecular weight excluding hydrogens is 397 g/mol. The number of benzene rings is 2. The fraction of sp³-hybridized carbons (Fsp3) is 0.333. The average Bonchev–Trinajstić information content (AvgIpc) is 3.06. The monoisotopic (exact) mass is 419 g/mol. The maximum Gasteiger partial charge on any atom is 0.310 e. The predicted molar refractivity (Wildman–Crippen MR) is 105 cm³/mol. The van der Waals surface area contributed by atoms with Crippen LogP contribution in [-0.4, -0.2) is 49.3 Å². The highest BCUT2D eigenvalue weighted by Crippen LogP contribution is 2.20. The fourth-order valence-electron chi connectivity index (χ4n) is 3.27. The Morgan fingerprint density at radius 1 is 1.03 bits per heavy atom. The van der Waals surface area contributed by atoms with Gasteiger partial charge < -0.3 is 9.64 Å². The summed E-state index contributed by atoms with van der Waals surface area (Å²) in [6, 6.07) is 14.2. The molecule has 3 rings (SSSR count). The third-order valence-corrected chi connectivity index (χ3v) is 6.53. The van der Waals surface area contributed by atoms with Gasteiger partial charge in [-0.2, -0.15) is 0 Å². The van der Waals surface area contributed by atoms with E-state index in [-0.39, 0.29) is 24.5 Å². The molecule has 0 aromatic heterocycles. The van der Waals surface area contributed by atoms with Gasteiger partial charge in [-0.3, -0.25) is 9.59 Å². The Bertz CT molecular complexity index is 960. The number of carbonyl (C=O) groups excluding carboxylic acids is 2. The van der Waals surface area contributed by atoms with Crippen LogP contribution in [0, 0.1) is 5.82 Å². The number of hydrogen-bond donors (Lipinski definition) is 0. The Morgan fingerprint density at radius 2 is 1.72 bits per heavy atom. The van der Waals surface area contributed by atoms with E-state index >= 15 is 0 Å². The normalized spacial score (nSPS) is 17.6. The summed E-state index contributed by atoms with van der Waals surface area (Å²) < 4.78 is 41.8. The van der Waals surface area contributed by atoms with Crippen LogP contribution in [0.3, 0.4) is 0 Å². The largest absolute Gasteiger partial charge is 0.455 e. The molecule has 2 aromatic carbocycles. The molecule has 1 atom stereocenters. The van der Waals surface area contributed by atoms with E-state index in [9.17, 15) is 22.4 Å². The van der Waals surface area contributed by atoms with Crippen molar-refractivity contribution in [3.63, 3.8) is 0 Å². The van der Waals surface area contributed by atoms with Crippen molar-refractivity contribution < 1.29 is 27.1 Å². The maximum absolute atomic E-state index is 12.9. The molecule has 1 amide bonds. The molecule has 0 N–H and O–H groups in total. The van der Waals surface area contributed by atoms with Crippen LogP contribution in [0.15, 0.2) is 54.6 Å². The Kier molecular flexibility index (Phi) is 6.64. The van der Waals surface area contributed by atoms with Crippen LogP contribution < -0.4 is 0 Å². The maximum atomic E-state index is 12.9. The molecule has 2 aromatic rings. The SMILES string of the molecule is O=C(Cc1ccc(F)cc1)OCC(=O)N(Cc1ccccc1)[C@H]1CCS(=O)(=O)C1. The number of esters is 1. The van der Waals surface area contributed by atoms with Crippen LogP contribution in [-0.2, 0) is 37.1 Å². The van der Waals surface area contributed by atoms with E-state index in [4.69, 9.17) is 4.74 Å². The van der Waals surface area contributed by atoms with Gasteiger partial charge in [0.05, 0.1) is 17.9 Å². The minimum absolute atomic E-state index is 0.0423. The van der Waals surface area contributed by atoms with Gasteiger partial charge in [0.25, 0.3) is 5.91 Å². The van der Waals surface area contributed by atoms with Crippen molar-refractivity contribution in [2.75, 3.05) is 18.1 Å². The van der Waals surface area contributed by atoms with Crippen LogP contribution in [0.1, 0.15) is 17.5 Å². The molecule has 0 spiro atoms. The van der Waals surface area contributed by atoms with Crippen molar-refractivity contribution >= 4 is 21.7 Å². The Labute approximate surface area is 169 Å². The topological polar surface area (TPSA) is 80.8 Å². The predicted octanol–water partition coefficient (Wildman–Crippen LogP) is 2.13. The zero-order valence-corrected chi connectivity index (χ0v) is 16.6. The van der Waals surface area contributed by atoms with Crippen LogP contribution in [0.2, 0.25) is 0 Å². The lowest BCUT2D eigenvalue weighted by molar-refractivity contribution is -0.152. The Hall–Kier alpha value is -2.74. The van der Waals surface area contributed by atoms with Gasteiger partial charge in [0.15, 0.2) is 16.4 Å². The van der Waals surface area contributed by atoms with E-state index in [1.165, 1.54) is 29.2 Å². The summed E-state index contributed by atoms with van der Waals surface area (Å²) in [4.78, 5) is 26.3. The molecule has 0 aliphatic carbocycles. The molecular formula is C21H22FNO5S. The van der Waals surface area contributed by atoms with Gasteiger partial charge in [0, 0.05) is 12.6 Å². The molecule has 154 valence electrons. The smallest absolute Gasteiger partial charge is 0.310 e. The molecule has 6 nitrogen and oxygen atoms in total. The number of halogens is 1. The first-order chi connectivity index (χ1) is 13.8. The number of sulfone groups is 1. The van der Waals surface area contributed by atoms with Crippen molar-refractivity contribution in [1.82, 2.24) is 4.90 Å². The second-order valence-corrected chi connectivity index (χ2v) is 9.26. The van der Waals surface area contributed by atoms with Crippen molar-refractivity contribution in [3.05, 3.63) is 71.5 Å². The first kappa shape index (κ1) is 21.0. The molecule has 0 radical (unpaired) electrons. The molecule has 1 heterocycles. The van der Waals surface area contributed by atoms with Gasteiger partial charge in [-0.05, 0) is 29.7 Å². The minimum atomic E-state index is -3.17. The van der Waals surface area contributed by atoms with Crippen LogP contribution in [0.4, 0.5) is 4.39 Å². The zero-order chi connectivity index (χ0) is 20.9. The number of nitrogens with zero attached hydrogens (tertiary/aromatic N) is 1.